The van der Waals surface area contributed by atoms with Gasteiger partial charge in [-0.25, -0.2) is 0 Å². The zero-order valence-corrected chi connectivity index (χ0v) is 13.1. The van der Waals surface area contributed by atoms with Crippen LogP contribution in [-0.2, 0) is 4.79 Å². The summed E-state index contributed by atoms with van der Waals surface area (Å²) >= 11 is 0. The Bertz CT molecular complexity index is 452. The van der Waals surface area contributed by atoms with Crippen LogP contribution >= 0.6 is 0 Å². The molecule has 4 nitrogen and oxygen atoms in total. The van der Waals surface area contributed by atoms with Gasteiger partial charge in [-0.2, -0.15) is 0 Å². The van der Waals surface area contributed by atoms with E-state index < -0.39 is 6.04 Å². The Kier molecular flexibility index (Phi) is 5.76. The number of nitrogens with zero attached hydrogens (tertiary/aromatic N) is 1. The van der Waals surface area contributed by atoms with Gasteiger partial charge in [0.25, 0.3) is 0 Å². The molecule has 2 unspecified atom stereocenters. The summed E-state index contributed by atoms with van der Waals surface area (Å²) < 4.78 is 0. The van der Waals surface area contributed by atoms with E-state index in [0.717, 1.165) is 12.1 Å². The maximum Gasteiger partial charge on any atom is 0.241 e. The van der Waals surface area contributed by atoms with Gasteiger partial charge in [0.05, 0.1) is 0 Å². The highest BCUT2D eigenvalue weighted by molar-refractivity contribution is 5.82. The van der Waals surface area contributed by atoms with Gasteiger partial charge in [0.2, 0.25) is 5.91 Å². The average Bonchev–Trinajstić information content (AvgIpc) is 2.97. The zero-order chi connectivity index (χ0) is 15.2. The van der Waals surface area contributed by atoms with Gasteiger partial charge < -0.3 is 16.0 Å². The minimum Gasteiger partial charge on any atom is -0.354 e. The summed E-state index contributed by atoms with van der Waals surface area (Å²) in [5, 5.41) is 2.98. The predicted molar refractivity (Wildman–Crippen MR) is 86.0 cm³/mol. The van der Waals surface area contributed by atoms with E-state index >= 15 is 0 Å². The Hall–Kier alpha value is -1.39. The van der Waals surface area contributed by atoms with Crippen LogP contribution in [0.1, 0.15) is 36.9 Å². The highest BCUT2D eigenvalue weighted by atomic mass is 16.2. The first-order valence-corrected chi connectivity index (χ1v) is 7.88. The molecule has 0 saturated carbocycles. The van der Waals surface area contributed by atoms with E-state index in [-0.39, 0.29) is 5.91 Å². The lowest BCUT2D eigenvalue weighted by atomic mass is 10.0. The number of carbonyl (C=O) groups excluding carboxylic acids is 1. The van der Waals surface area contributed by atoms with E-state index in [1.807, 2.05) is 31.2 Å². The van der Waals surface area contributed by atoms with Crippen molar-refractivity contribution in [2.75, 3.05) is 26.2 Å². The van der Waals surface area contributed by atoms with Crippen LogP contribution in [0, 0.1) is 12.8 Å². The number of nitrogens with two attached hydrogens (primary N) is 1. The quantitative estimate of drug-likeness (QED) is 0.840. The average molecular weight is 289 g/mol. The smallest absolute Gasteiger partial charge is 0.241 e. The molecule has 2 atom stereocenters. The second-order valence-electron chi connectivity index (χ2n) is 6.25. The summed E-state index contributed by atoms with van der Waals surface area (Å²) in [6.45, 7) is 8.34. The van der Waals surface area contributed by atoms with Crippen molar-refractivity contribution in [3.05, 3.63) is 35.4 Å². The van der Waals surface area contributed by atoms with Crippen molar-refractivity contribution in [1.82, 2.24) is 10.2 Å². The molecule has 1 saturated heterocycles. The Morgan fingerprint density at radius 3 is 2.52 bits per heavy atom. The minimum atomic E-state index is -0.579. The minimum absolute atomic E-state index is 0.0906. The molecule has 1 aliphatic rings. The summed E-state index contributed by atoms with van der Waals surface area (Å²) in [6.07, 6.45) is 2.61. The molecule has 3 N–H and O–H groups in total. The van der Waals surface area contributed by atoms with Crippen molar-refractivity contribution in [1.29, 1.82) is 0 Å². The van der Waals surface area contributed by atoms with Crippen molar-refractivity contribution in [2.45, 2.75) is 32.7 Å². The van der Waals surface area contributed by atoms with Crippen molar-refractivity contribution >= 4 is 5.91 Å². The molecule has 1 aliphatic heterocycles. The summed E-state index contributed by atoms with van der Waals surface area (Å²) in [5.74, 6) is 0.365. The summed E-state index contributed by atoms with van der Waals surface area (Å²) in [4.78, 5) is 14.6. The van der Waals surface area contributed by atoms with E-state index in [2.05, 4.69) is 17.1 Å². The number of likely N-dealkylation sites (tertiary alicyclic amines) is 1. The number of amides is 1. The van der Waals surface area contributed by atoms with Gasteiger partial charge in [0.15, 0.2) is 0 Å². The van der Waals surface area contributed by atoms with Gasteiger partial charge in [-0.05, 0) is 44.3 Å². The van der Waals surface area contributed by atoms with Crippen LogP contribution in [-0.4, -0.2) is 37.0 Å². The van der Waals surface area contributed by atoms with Crippen LogP contribution in [0.4, 0.5) is 0 Å². The molecule has 1 aromatic rings. The topological polar surface area (TPSA) is 58.4 Å². The van der Waals surface area contributed by atoms with Gasteiger partial charge in [-0.15, -0.1) is 0 Å². The number of rotatable bonds is 6. The molecule has 0 radical (unpaired) electrons. The lowest BCUT2D eigenvalue weighted by molar-refractivity contribution is -0.122. The number of aryl methyl sites for hydroxylation is 1. The Balaban J connectivity index is 1.76. The summed E-state index contributed by atoms with van der Waals surface area (Å²) in [7, 11) is 0. The van der Waals surface area contributed by atoms with Crippen LogP contribution in [0.15, 0.2) is 24.3 Å². The Morgan fingerprint density at radius 2 is 1.90 bits per heavy atom. The maximum absolute atomic E-state index is 12.1. The van der Waals surface area contributed by atoms with Gasteiger partial charge in [0.1, 0.15) is 6.04 Å². The van der Waals surface area contributed by atoms with E-state index in [1.54, 1.807) is 0 Å². The van der Waals surface area contributed by atoms with Crippen molar-refractivity contribution in [2.24, 2.45) is 11.7 Å². The molecule has 1 fully saturated rings. The van der Waals surface area contributed by atoms with E-state index in [1.165, 1.54) is 31.5 Å². The van der Waals surface area contributed by atoms with E-state index in [0.29, 0.717) is 12.5 Å². The van der Waals surface area contributed by atoms with Gasteiger partial charge in [-0.3, -0.25) is 4.79 Å². The third-order valence-electron chi connectivity index (χ3n) is 4.11. The van der Waals surface area contributed by atoms with E-state index in [9.17, 15) is 4.79 Å². The fourth-order valence-corrected chi connectivity index (χ4v) is 2.78. The third-order valence-corrected chi connectivity index (χ3v) is 4.11. The second-order valence-corrected chi connectivity index (χ2v) is 6.25. The largest absolute Gasteiger partial charge is 0.354 e. The maximum atomic E-state index is 12.1. The molecule has 0 aromatic heterocycles. The molecule has 0 bridgehead atoms. The molecular weight excluding hydrogens is 262 g/mol. The Labute approximate surface area is 127 Å². The number of hydrogen-bond acceptors (Lipinski definition) is 3. The van der Waals surface area contributed by atoms with Gasteiger partial charge in [0, 0.05) is 13.1 Å². The molecule has 4 heteroatoms. The van der Waals surface area contributed by atoms with Crippen molar-refractivity contribution in [3.63, 3.8) is 0 Å². The van der Waals surface area contributed by atoms with Crippen LogP contribution in [0.25, 0.3) is 0 Å². The predicted octanol–water partition coefficient (Wildman–Crippen LogP) is 1.84. The van der Waals surface area contributed by atoms with Crippen molar-refractivity contribution in [3.8, 4) is 0 Å². The summed E-state index contributed by atoms with van der Waals surface area (Å²) in [6, 6.07) is 7.24. The van der Waals surface area contributed by atoms with Crippen LogP contribution < -0.4 is 11.1 Å². The van der Waals surface area contributed by atoms with Crippen LogP contribution in [0.3, 0.4) is 0 Å². The first-order chi connectivity index (χ1) is 10.1. The first-order valence-electron chi connectivity index (χ1n) is 7.88. The van der Waals surface area contributed by atoms with Gasteiger partial charge in [-0.1, -0.05) is 36.8 Å². The second kappa shape index (κ2) is 7.57. The molecule has 116 valence electrons. The van der Waals surface area contributed by atoms with E-state index in [4.69, 9.17) is 5.73 Å². The number of hydrogen-bond donors (Lipinski definition) is 2. The molecule has 2 rings (SSSR count). The number of carbonyl (C=O) groups is 1. The molecule has 0 aliphatic carbocycles. The lowest BCUT2D eigenvalue weighted by Gasteiger charge is -2.21. The highest BCUT2D eigenvalue weighted by Gasteiger charge is 2.18. The molecular formula is C17H27N3O. The van der Waals surface area contributed by atoms with Crippen LogP contribution in [0.5, 0.6) is 0 Å². The normalized spacial score (nSPS) is 18.4. The molecule has 21 heavy (non-hydrogen) atoms. The standard InChI is InChI=1S/C17H27N3O/c1-13-5-7-15(8-6-13)16(18)17(21)19-11-14(2)12-20-9-3-4-10-20/h5-8,14,16H,3-4,9-12,18H2,1-2H3,(H,19,21). The van der Waals surface area contributed by atoms with Crippen LogP contribution in [0.2, 0.25) is 0 Å². The fraction of sp³-hybridized carbons (Fsp3) is 0.588. The summed E-state index contributed by atoms with van der Waals surface area (Å²) in [5.41, 5.74) is 8.05. The molecule has 1 heterocycles. The molecule has 1 amide bonds. The zero-order valence-electron chi connectivity index (χ0n) is 13.1. The molecule has 1 aromatic carbocycles. The third kappa shape index (κ3) is 4.83. The Morgan fingerprint density at radius 1 is 1.29 bits per heavy atom. The number of nitrogens with one attached hydrogen (secondary N) is 1. The van der Waals surface area contributed by atoms with Gasteiger partial charge >= 0.3 is 0 Å². The number of benzene rings is 1. The monoisotopic (exact) mass is 289 g/mol. The molecule has 0 spiro atoms. The SMILES string of the molecule is Cc1ccc(C(N)C(=O)NCC(C)CN2CCCC2)cc1. The first kappa shape index (κ1) is 16.0. The highest BCUT2D eigenvalue weighted by Crippen LogP contribution is 2.12. The van der Waals surface area contributed by atoms with Crippen molar-refractivity contribution < 1.29 is 4.79 Å². The lowest BCUT2D eigenvalue weighted by Crippen LogP contribution is -2.39. The fourth-order valence-electron chi connectivity index (χ4n) is 2.78.